The maximum absolute atomic E-state index is 6.24. The van der Waals surface area contributed by atoms with Gasteiger partial charge in [0.05, 0.1) is 6.04 Å². The number of hydrogen-bond donors (Lipinski definition) is 1. The van der Waals surface area contributed by atoms with Gasteiger partial charge in [0.2, 0.25) is 0 Å². The molecule has 2 aromatic carbocycles. The molecule has 2 aromatic rings. The maximum Gasteiger partial charge on any atom is 0.124 e. The average Bonchev–Trinajstić information content (AvgIpc) is 2.81. The van der Waals surface area contributed by atoms with E-state index < -0.39 is 0 Å². The molecule has 1 aliphatic heterocycles. The van der Waals surface area contributed by atoms with E-state index in [0.29, 0.717) is 6.61 Å². The molecule has 1 aliphatic rings. The molecule has 0 saturated carbocycles. The number of benzene rings is 2. The summed E-state index contributed by atoms with van der Waals surface area (Å²) < 4.78 is 5.65. The summed E-state index contributed by atoms with van der Waals surface area (Å²) in [5.41, 5.74) is 3.53. The van der Waals surface area contributed by atoms with Crippen molar-refractivity contribution in [3.63, 3.8) is 0 Å². The molecule has 98 valence electrons. The summed E-state index contributed by atoms with van der Waals surface area (Å²) in [4.78, 5) is 0. The van der Waals surface area contributed by atoms with Crippen LogP contribution in [0.4, 0.5) is 0 Å². The van der Waals surface area contributed by atoms with Gasteiger partial charge in [0.25, 0.3) is 0 Å². The number of rotatable bonds is 3. The quantitative estimate of drug-likeness (QED) is 0.917. The molecule has 19 heavy (non-hydrogen) atoms. The highest BCUT2D eigenvalue weighted by molar-refractivity contribution is 6.31. The van der Waals surface area contributed by atoms with Crippen LogP contribution < -0.4 is 10.1 Å². The summed E-state index contributed by atoms with van der Waals surface area (Å²) in [5, 5.41) is 4.32. The first kappa shape index (κ1) is 12.5. The highest BCUT2D eigenvalue weighted by Crippen LogP contribution is 2.32. The molecule has 0 aliphatic carbocycles. The Hall–Kier alpha value is -1.51. The molecule has 3 rings (SSSR count). The smallest absolute Gasteiger partial charge is 0.124 e. The molecule has 1 heterocycles. The molecule has 0 radical (unpaired) electrons. The van der Waals surface area contributed by atoms with Crippen molar-refractivity contribution in [2.24, 2.45) is 0 Å². The van der Waals surface area contributed by atoms with Gasteiger partial charge in [-0.05, 0) is 30.2 Å². The van der Waals surface area contributed by atoms with Gasteiger partial charge in [-0.25, -0.2) is 0 Å². The van der Waals surface area contributed by atoms with Crippen LogP contribution in [0, 0.1) is 6.92 Å². The lowest BCUT2D eigenvalue weighted by atomic mass is 10.1. The molecule has 0 bridgehead atoms. The van der Waals surface area contributed by atoms with E-state index in [9.17, 15) is 0 Å². The predicted octanol–water partition coefficient (Wildman–Crippen LogP) is 3.87. The monoisotopic (exact) mass is 273 g/mol. The molecule has 1 unspecified atom stereocenters. The fourth-order valence-electron chi connectivity index (χ4n) is 2.36. The molecule has 0 saturated heterocycles. The molecule has 0 aromatic heterocycles. The van der Waals surface area contributed by atoms with Gasteiger partial charge < -0.3 is 10.1 Å². The van der Waals surface area contributed by atoms with Crippen LogP contribution in [0.5, 0.6) is 5.75 Å². The molecule has 2 nitrogen and oxygen atoms in total. The fourth-order valence-corrected chi connectivity index (χ4v) is 2.66. The van der Waals surface area contributed by atoms with Gasteiger partial charge in [-0.1, -0.05) is 41.9 Å². The van der Waals surface area contributed by atoms with E-state index in [4.69, 9.17) is 16.3 Å². The van der Waals surface area contributed by atoms with E-state index in [0.717, 1.165) is 22.9 Å². The van der Waals surface area contributed by atoms with Crippen LogP contribution in [-0.4, -0.2) is 6.61 Å². The van der Waals surface area contributed by atoms with Crippen molar-refractivity contribution < 1.29 is 4.74 Å². The molecule has 1 N–H and O–H groups in total. The average molecular weight is 274 g/mol. The SMILES string of the molecule is Cc1ccc(CNC2COc3ccccc32)c(Cl)c1. The van der Waals surface area contributed by atoms with Gasteiger partial charge in [-0.2, -0.15) is 0 Å². The second-order valence-electron chi connectivity index (χ2n) is 4.88. The van der Waals surface area contributed by atoms with E-state index in [2.05, 4.69) is 23.5 Å². The van der Waals surface area contributed by atoms with E-state index in [1.165, 1.54) is 11.1 Å². The topological polar surface area (TPSA) is 21.3 Å². The highest BCUT2D eigenvalue weighted by Gasteiger charge is 2.22. The zero-order valence-electron chi connectivity index (χ0n) is 10.8. The molecule has 1 atom stereocenters. The van der Waals surface area contributed by atoms with Gasteiger partial charge >= 0.3 is 0 Å². The van der Waals surface area contributed by atoms with E-state index in [-0.39, 0.29) is 6.04 Å². The fraction of sp³-hybridized carbons (Fsp3) is 0.250. The molecule has 3 heteroatoms. The van der Waals surface area contributed by atoms with Crippen LogP contribution in [0.3, 0.4) is 0 Å². The highest BCUT2D eigenvalue weighted by atomic mass is 35.5. The summed E-state index contributed by atoms with van der Waals surface area (Å²) in [6.45, 7) is 3.48. The summed E-state index contributed by atoms with van der Waals surface area (Å²) in [7, 11) is 0. The Bertz CT molecular complexity index is 597. The molecular weight excluding hydrogens is 258 g/mol. The zero-order valence-corrected chi connectivity index (χ0v) is 11.6. The molecular formula is C16H16ClNO. The Kier molecular flexibility index (Phi) is 3.45. The number of fused-ring (bicyclic) bond motifs is 1. The summed E-state index contributed by atoms with van der Waals surface area (Å²) >= 11 is 6.24. The molecule has 0 fully saturated rings. The van der Waals surface area contributed by atoms with Crippen LogP contribution in [0.15, 0.2) is 42.5 Å². The number of hydrogen-bond acceptors (Lipinski definition) is 2. The minimum Gasteiger partial charge on any atom is -0.491 e. The minimum atomic E-state index is 0.244. The Morgan fingerprint density at radius 2 is 2.11 bits per heavy atom. The summed E-state index contributed by atoms with van der Waals surface area (Å²) in [6.07, 6.45) is 0. The lowest BCUT2D eigenvalue weighted by molar-refractivity contribution is 0.310. The third-order valence-corrected chi connectivity index (χ3v) is 3.80. The second kappa shape index (κ2) is 5.24. The van der Waals surface area contributed by atoms with Crippen molar-refractivity contribution in [1.29, 1.82) is 0 Å². The number of nitrogens with one attached hydrogen (secondary N) is 1. The van der Waals surface area contributed by atoms with Crippen molar-refractivity contribution in [1.82, 2.24) is 5.32 Å². The Balaban J connectivity index is 1.71. The Labute approximate surface area is 118 Å². The molecule has 0 amide bonds. The maximum atomic E-state index is 6.24. The van der Waals surface area contributed by atoms with Crippen LogP contribution in [-0.2, 0) is 6.54 Å². The third kappa shape index (κ3) is 2.60. The van der Waals surface area contributed by atoms with E-state index in [1.54, 1.807) is 0 Å². The Morgan fingerprint density at radius 1 is 1.26 bits per heavy atom. The largest absolute Gasteiger partial charge is 0.491 e. The zero-order chi connectivity index (χ0) is 13.2. The van der Waals surface area contributed by atoms with E-state index >= 15 is 0 Å². The predicted molar refractivity (Wildman–Crippen MR) is 77.7 cm³/mol. The number of ether oxygens (including phenoxy) is 1. The first-order chi connectivity index (χ1) is 9.24. The van der Waals surface area contributed by atoms with Gasteiger partial charge in [0, 0.05) is 17.1 Å². The van der Waals surface area contributed by atoms with Gasteiger partial charge in [-0.3, -0.25) is 0 Å². The van der Waals surface area contributed by atoms with Gasteiger partial charge in [0.15, 0.2) is 0 Å². The number of aryl methyl sites for hydroxylation is 1. The van der Waals surface area contributed by atoms with Crippen molar-refractivity contribution in [3.05, 3.63) is 64.2 Å². The van der Waals surface area contributed by atoms with Crippen LogP contribution in [0.2, 0.25) is 5.02 Å². The lowest BCUT2D eigenvalue weighted by Crippen LogP contribution is -2.22. The van der Waals surface area contributed by atoms with Crippen molar-refractivity contribution in [2.75, 3.05) is 6.61 Å². The number of para-hydroxylation sites is 1. The standard InChI is InChI=1S/C16H16ClNO/c1-11-6-7-12(14(17)8-11)9-18-15-10-19-16-5-3-2-4-13(15)16/h2-8,15,18H,9-10H2,1H3. The van der Waals surface area contributed by atoms with Crippen LogP contribution in [0.25, 0.3) is 0 Å². The first-order valence-electron chi connectivity index (χ1n) is 6.44. The van der Waals surface area contributed by atoms with Gasteiger partial charge in [-0.15, -0.1) is 0 Å². The first-order valence-corrected chi connectivity index (χ1v) is 6.82. The number of halogens is 1. The van der Waals surface area contributed by atoms with Gasteiger partial charge in [0.1, 0.15) is 12.4 Å². The second-order valence-corrected chi connectivity index (χ2v) is 5.28. The Morgan fingerprint density at radius 3 is 2.95 bits per heavy atom. The normalized spacial score (nSPS) is 17.1. The van der Waals surface area contributed by atoms with Crippen molar-refractivity contribution >= 4 is 11.6 Å². The van der Waals surface area contributed by atoms with Crippen LogP contribution in [0.1, 0.15) is 22.7 Å². The van der Waals surface area contributed by atoms with Crippen LogP contribution >= 0.6 is 11.6 Å². The lowest BCUT2D eigenvalue weighted by Gasteiger charge is -2.12. The van der Waals surface area contributed by atoms with Crippen molar-refractivity contribution in [3.8, 4) is 5.75 Å². The van der Waals surface area contributed by atoms with Crippen molar-refractivity contribution in [2.45, 2.75) is 19.5 Å². The minimum absolute atomic E-state index is 0.244. The summed E-state index contributed by atoms with van der Waals surface area (Å²) in [6, 6.07) is 14.6. The summed E-state index contributed by atoms with van der Waals surface area (Å²) in [5.74, 6) is 0.981. The van der Waals surface area contributed by atoms with E-state index in [1.807, 2.05) is 31.2 Å². The third-order valence-electron chi connectivity index (χ3n) is 3.45. The molecule has 0 spiro atoms.